The van der Waals surface area contributed by atoms with Crippen LogP contribution in [0.15, 0.2) is 54.6 Å². The summed E-state index contributed by atoms with van der Waals surface area (Å²) in [5.74, 6) is 2.19. The number of terminal acetylenes is 1. The van der Waals surface area contributed by atoms with Crippen molar-refractivity contribution in [2.24, 2.45) is 0 Å². The van der Waals surface area contributed by atoms with Crippen molar-refractivity contribution in [2.45, 2.75) is 12.3 Å². The molecule has 21 heavy (non-hydrogen) atoms. The number of hydrogen-bond donors (Lipinski definition) is 0. The van der Waals surface area contributed by atoms with E-state index in [-0.39, 0.29) is 23.8 Å². The summed E-state index contributed by atoms with van der Waals surface area (Å²) in [6, 6.07) is 14.9. The molecule has 0 fully saturated rings. The summed E-state index contributed by atoms with van der Waals surface area (Å²) in [4.78, 5) is 22.3. The standard InChI is InChI=1S/C17H13NO3/c1-2-13(14-6-4-3-5-7-14)12-17(19)15-8-10-16(11-9-15)18(20)21/h1,3-11,13H,12H2. The Bertz CT molecular complexity index is 684. The maximum atomic E-state index is 12.2. The van der Waals surface area contributed by atoms with Gasteiger partial charge in [-0.1, -0.05) is 36.3 Å². The van der Waals surface area contributed by atoms with Crippen LogP contribution in [0.3, 0.4) is 0 Å². The van der Waals surface area contributed by atoms with Crippen LogP contribution < -0.4 is 0 Å². The number of carbonyl (C=O) groups is 1. The summed E-state index contributed by atoms with van der Waals surface area (Å²) in [6.45, 7) is 0. The van der Waals surface area contributed by atoms with Crippen LogP contribution >= 0.6 is 0 Å². The number of non-ortho nitro benzene ring substituents is 1. The van der Waals surface area contributed by atoms with Gasteiger partial charge in [-0.25, -0.2) is 0 Å². The molecule has 0 amide bonds. The van der Waals surface area contributed by atoms with E-state index >= 15 is 0 Å². The second-order valence-electron chi connectivity index (χ2n) is 4.56. The first kappa shape index (κ1) is 14.5. The molecule has 1 atom stereocenters. The minimum absolute atomic E-state index is 0.0388. The zero-order chi connectivity index (χ0) is 15.2. The molecule has 0 saturated heterocycles. The zero-order valence-electron chi connectivity index (χ0n) is 11.2. The molecule has 0 aliphatic rings. The SMILES string of the molecule is C#CC(CC(=O)c1ccc([N+](=O)[O-])cc1)c1ccccc1. The van der Waals surface area contributed by atoms with Crippen LogP contribution in [0.25, 0.3) is 0 Å². The molecule has 0 radical (unpaired) electrons. The van der Waals surface area contributed by atoms with Crippen molar-refractivity contribution >= 4 is 11.5 Å². The molecule has 0 aliphatic carbocycles. The Morgan fingerprint density at radius 2 is 1.76 bits per heavy atom. The molecule has 4 heteroatoms. The average molecular weight is 279 g/mol. The molecule has 0 aromatic heterocycles. The van der Waals surface area contributed by atoms with E-state index in [1.54, 1.807) is 0 Å². The molecule has 0 heterocycles. The van der Waals surface area contributed by atoms with E-state index in [4.69, 9.17) is 6.42 Å². The topological polar surface area (TPSA) is 60.2 Å². The lowest BCUT2D eigenvalue weighted by molar-refractivity contribution is -0.384. The third-order valence-electron chi connectivity index (χ3n) is 3.19. The fourth-order valence-electron chi connectivity index (χ4n) is 2.03. The van der Waals surface area contributed by atoms with Crippen molar-refractivity contribution in [1.82, 2.24) is 0 Å². The van der Waals surface area contributed by atoms with Crippen molar-refractivity contribution in [3.05, 3.63) is 75.8 Å². The first-order valence-corrected chi connectivity index (χ1v) is 6.40. The fraction of sp³-hybridized carbons (Fsp3) is 0.118. The molecule has 1 unspecified atom stereocenters. The van der Waals surface area contributed by atoms with Crippen molar-refractivity contribution in [3.8, 4) is 12.3 Å². The maximum Gasteiger partial charge on any atom is 0.269 e. The highest BCUT2D eigenvalue weighted by Gasteiger charge is 2.16. The molecule has 2 aromatic rings. The van der Waals surface area contributed by atoms with Gasteiger partial charge in [-0.3, -0.25) is 14.9 Å². The van der Waals surface area contributed by atoms with Gasteiger partial charge in [0.05, 0.1) is 10.8 Å². The molecule has 0 bridgehead atoms. The van der Waals surface area contributed by atoms with Gasteiger partial charge < -0.3 is 0 Å². The van der Waals surface area contributed by atoms with Crippen LogP contribution in [0.5, 0.6) is 0 Å². The van der Waals surface area contributed by atoms with Gasteiger partial charge in [0.15, 0.2) is 5.78 Å². The van der Waals surface area contributed by atoms with Crippen LogP contribution in [0.1, 0.15) is 28.3 Å². The second-order valence-corrected chi connectivity index (χ2v) is 4.56. The predicted molar refractivity (Wildman–Crippen MR) is 80.1 cm³/mol. The third kappa shape index (κ3) is 3.54. The van der Waals surface area contributed by atoms with Gasteiger partial charge in [-0.15, -0.1) is 6.42 Å². The summed E-state index contributed by atoms with van der Waals surface area (Å²) in [7, 11) is 0. The zero-order valence-corrected chi connectivity index (χ0v) is 11.2. The number of nitro benzene ring substituents is 1. The first-order valence-electron chi connectivity index (χ1n) is 6.40. The first-order chi connectivity index (χ1) is 10.1. The lowest BCUT2D eigenvalue weighted by Crippen LogP contribution is -2.06. The summed E-state index contributed by atoms with van der Waals surface area (Å²) in [6.07, 6.45) is 5.68. The van der Waals surface area contributed by atoms with E-state index in [9.17, 15) is 14.9 Å². The largest absolute Gasteiger partial charge is 0.294 e. The normalized spacial score (nSPS) is 11.4. The van der Waals surface area contributed by atoms with Crippen LogP contribution in [-0.2, 0) is 0 Å². The van der Waals surface area contributed by atoms with Crippen LogP contribution in [-0.4, -0.2) is 10.7 Å². The Morgan fingerprint density at radius 3 is 2.29 bits per heavy atom. The molecular formula is C17H13NO3. The number of hydrogen-bond acceptors (Lipinski definition) is 3. The predicted octanol–water partition coefficient (Wildman–Crippen LogP) is 3.58. The Balaban J connectivity index is 2.13. The summed E-state index contributed by atoms with van der Waals surface area (Å²) >= 11 is 0. The number of Topliss-reactive ketones (excluding diaryl/α,β-unsaturated/α-hetero) is 1. The van der Waals surface area contributed by atoms with Gasteiger partial charge in [0.2, 0.25) is 0 Å². The van der Waals surface area contributed by atoms with Crippen molar-refractivity contribution in [3.63, 3.8) is 0 Å². The van der Waals surface area contributed by atoms with E-state index < -0.39 is 4.92 Å². The fourth-order valence-corrected chi connectivity index (χ4v) is 2.03. The van der Waals surface area contributed by atoms with E-state index in [2.05, 4.69) is 5.92 Å². The number of benzene rings is 2. The Labute approximate surface area is 122 Å². The molecule has 104 valence electrons. The smallest absolute Gasteiger partial charge is 0.269 e. The molecule has 2 aromatic carbocycles. The van der Waals surface area contributed by atoms with Gasteiger partial charge in [0, 0.05) is 24.1 Å². The van der Waals surface area contributed by atoms with Gasteiger partial charge in [-0.2, -0.15) is 0 Å². The maximum absolute atomic E-state index is 12.2. The van der Waals surface area contributed by atoms with Crippen molar-refractivity contribution in [1.29, 1.82) is 0 Å². The van der Waals surface area contributed by atoms with Crippen LogP contribution in [0.4, 0.5) is 5.69 Å². The quantitative estimate of drug-likeness (QED) is 0.364. The lowest BCUT2D eigenvalue weighted by Gasteiger charge is -2.10. The van der Waals surface area contributed by atoms with Crippen LogP contribution in [0.2, 0.25) is 0 Å². The van der Waals surface area contributed by atoms with Gasteiger partial charge >= 0.3 is 0 Å². The van der Waals surface area contributed by atoms with E-state index in [0.29, 0.717) is 5.56 Å². The molecule has 0 N–H and O–H groups in total. The van der Waals surface area contributed by atoms with Crippen LogP contribution in [0, 0.1) is 22.5 Å². The molecule has 0 spiro atoms. The molecular weight excluding hydrogens is 266 g/mol. The Morgan fingerprint density at radius 1 is 1.14 bits per heavy atom. The Hall–Kier alpha value is -2.93. The third-order valence-corrected chi connectivity index (χ3v) is 3.19. The molecule has 2 rings (SSSR count). The number of carbonyl (C=O) groups excluding carboxylic acids is 1. The van der Waals surface area contributed by atoms with E-state index in [1.807, 2.05) is 30.3 Å². The summed E-state index contributed by atoms with van der Waals surface area (Å²) in [5.41, 5.74) is 1.30. The Kier molecular flexibility index (Phi) is 4.47. The minimum atomic E-state index is -0.498. The van der Waals surface area contributed by atoms with E-state index in [0.717, 1.165) is 5.56 Å². The van der Waals surface area contributed by atoms with Crippen molar-refractivity contribution in [2.75, 3.05) is 0 Å². The lowest BCUT2D eigenvalue weighted by atomic mass is 9.92. The summed E-state index contributed by atoms with van der Waals surface area (Å²) < 4.78 is 0. The second kappa shape index (κ2) is 6.49. The van der Waals surface area contributed by atoms with Gasteiger partial charge in [-0.05, 0) is 17.7 Å². The van der Waals surface area contributed by atoms with Gasteiger partial charge in [0.25, 0.3) is 5.69 Å². The molecule has 0 aliphatic heterocycles. The monoisotopic (exact) mass is 279 g/mol. The number of nitrogens with zero attached hydrogens (tertiary/aromatic N) is 1. The van der Waals surface area contributed by atoms with Gasteiger partial charge in [0.1, 0.15) is 0 Å². The minimum Gasteiger partial charge on any atom is -0.294 e. The highest BCUT2D eigenvalue weighted by atomic mass is 16.6. The average Bonchev–Trinajstić information content (AvgIpc) is 2.53. The highest BCUT2D eigenvalue weighted by Crippen LogP contribution is 2.22. The number of ketones is 1. The number of rotatable bonds is 5. The highest BCUT2D eigenvalue weighted by molar-refractivity contribution is 5.97. The van der Waals surface area contributed by atoms with E-state index in [1.165, 1.54) is 24.3 Å². The molecule has 4 nitrogen and oxygen atoms in total. The number of nitro groups is 1. The van der Waals surface area contributed by atoms with Crippen molar-refractivity contribution < 1.29 is 9.72 Å². The molecule has 0 saturated carbocycles. The summed E-state index contributed by atoms with van der Waals surface area (Å²) in [5, 5.41) is 10.6.